The number of hydrogen-bond donors (Lipinski definition) is 1. The second kappa shape index (κ2) is 6.13. The summed E-state index contributed by atoms with van der Waals surface area (Å²) in [5.74, 6) is 0.587. The van der Waals surface area contributed by atoms with Gasteiger partial charge >= 0.3 is 0 Å². The summed E-state index contributed by atoms with van der Waals surface area (Å²) in [5, 5.41) is 0.133. The van der Waals surface area contributed by atoms with Crippen LogP contribution in [0.5, 0.6) is 0 Å². The summed E-state index contributed by atoms with van der Waals surface area (Å²) in [6, 6.07) is 0. The molecular weight excluding hydrogens is 242 g/mol. The minimum atomic E-state index is -3.48. The molecule has 0 aliphatic carbocycles. The van der Waals surface area contributed by atoms with Crippen molar-refractivity contribution in [1.82, 2.24) is 14.3 Å². The van der Waals surface area contributed by atoms with Crippen LogP contribution >= 0.6 is 0 Å². The lowest BCUT2D eigenvalue weighted by molar-refractivity contribution is 0.135. The SMILES string of the molecule is CCOCCN(CC)S(=O)(=O)c1cnc(C)[nH]1. The molecule has 1 N–H and O–H groups in total. The smallest absolute Gasteiger partial charge is 0.260 e. The van der Waals surface area contributed by atoms with Gasteiger partial charge in [-0.3, -0.25) is 0 Å². The van der Waals surface area contributed by atoms with Crippen molar-refractivity contribution in [3.63, 3.8) is 0 Å². The van der Waals surface area contributed by atoms with Gasteiger partial charge in [-0.15, -0.1) is 0 Å². The first-order valence-corrected chi connectivity index (χ1v) is 7.05. The Morgan fingerprint density at radius 3 is 2.65 bits per heavy atom. The van der Waals surface area contributed by atoms with Gasteiger partial charge in [0.15, 0.2) is 5.03 Å². The van der Waals surface area contributed by atoms with Crippen LogP contribution in [0.3, 0.4) is 0 Å². The first-order chi connectivity index (χ1) is 8.02. The van der Waals surface area contributed by atoms with Crippen molar-refractivity contribution < 1.29 is 13.2 Å². The number of likely N-dealkylation sites (N-methyl/N-ethyl adjacent to an activating group) is 1. The number of ether oxygens (including phenoxy) is 1. The fourth-order valence-electron chi connectivity index (χ4n) is 1.43. The Bertz CT molecular complexity index is 441. The zero-order valence-electron chi connectivity index (χ0n) is 10.4. The van der Waals surface area contributed by atoms with Crippen LogP contribution in [0, 0.1) is 6.92 Å². The lowest BCUT2D eigenvalue weighted by atomic mass is 10.6. The number of H-pyrrole nitrogens is 1. The van der Waals surface area contributed by atoms with Crippen molar-refractivity contribution in [3.8, 4) is 0 Å². The molecular formula is C10H19N3O3S. The highest BCUT2D eigenvalue weighted by atomic mass is 32.2. The number of nitrogens with one attached hydrogen (secondary N) is 1. The van der Waals surface area contributed by atoms with Crippen molar-refractivity contribution in [3.05, 3.63) is 12.0 Å². The van der Waals surface area contributed by atoms with Crippen LogP contribution in [-0.2, 0) is 14.8 Å². The first-order valence-electron chi connectivity index (χ1n) is 5.61. The van der Waals surface area contributed by atoms with Crippen molar-refractivity contribution in [2.75, 3.05) is 26.3 Å². The van der Waals surface area contributed by atoms with E-state index in [0.717, 1.165) is 0 Å². The maximum Gasteiger partial charge on any atom is 0.260 e. The predicted octanol–water partition coefficient (Wildman–Crippen LogP) is 0.765. The lowest BCUT2D eigenvalue weighted by Gasteiger charge is -2.18. The molecule has 0 aromatic carbocycles. The molecule has 0 aliphatic rings. The van der Waals surface area contributed by atoms with Crippen molar-refractivity contribution in [1.29, 1.82) is 0 Å². The summed E-state index contributed by atoms with van der Waals surface area (Å²) in [6.45, 7) is 7.14. The summed E-state index contributed by atoms with van der Waals surface area (Å²) >= 11 is 0. The van der Waals surface area contributed by atoms with Crippen LogP contribution in [0.4, 0.5) is 0 Å². The van der Waals surface area contributed by atoms with E-state index in [1.165, 1.54) is 10.5 Å². The molecule has 1 aromatic rings. The second-order valence-electron chi connectivity index (χ2n) is 3.53. The number of aromatic amines is 1. The largest absolute Gasteiger partial charge is 0.380 e. The van der Waals surface area contributed by atoms with Gasteiger partial charge < -0.3 is 9.72 Å². The van der Waals surface area contributed by atoms with E-state index in [9.17, 15) is 8.42 Å². The molecule has 0 fully saturated rings. The number of aryl methyl sites for hydroxylation is 1. The topological polar surface area (TPSA) is 75.3 Å². The average molecular weight is 261 g/mol. The molecule has 0 spiro atoms. The molecule has 17 heavy (non-hydrogen) atoms. The molecule has 1 aromatic heterocycles. The van der Waals surface area contributed by atoms with Crippen LogP contribution in [0.25, 0.3) is 0 Å². The minimum Gasteiger partial charge on any atom is -0.380 e. The van der Waals surface area contributed by atoms with Gasteiger partial charge in [0, 0.05) is 19.7 Å². The van der Waals surface area contributed by atoms with E-state index in [2.05, 4.69) is 9.97 Å². The highest BCUT2D eigenvalue weighted by molar-refractivity contribution is 7.89. The molecule has 0 saturated heterocycles. The molecule has 7 heteroatoms. The van der Waals surface area contributed by atoms with E-state index in [-0.39, 0.29) is 5.03 Å². The molecule has 0 atom stereocenters. The lowest BCUT2D eigenvalue weighted by Crippen LogP contribution is -2.34. The number of sulfonamides is 1. The molecule has 0 saturated carbocycles. The summed E-state index contributed by atoms with van der Waals surface area (Å²) in [6.07, 6.45) is 1.34. The van der Waals surface area contributed by atoms with E-state index in [0.29, 0.717) is 32.1 Å². The molecule has 0 aliphatic heterocycles. The summed E-state index contributed by atoms with van der Waals surface area (Å²) in [4.78, 5) is 6.64. The number of nitrogens with zero attached hydrogens (tertiary/aromatic N) is 2. The van der Waals surface area contributed by atoms with E-state index in [4.69, 9.17) is 4.74 Å². The molecule has 0 radical (unpaired) electrons. The fraction of sp³-hybridized carbons (Fsp3) is 0.700. The fourth-order valence-corrected chi connectivity index (χ4v) is 2.82. The predicted molar refractivity (Wildman–Crippen MR) is 64.3 cm³/mol. The van der Waals surface area contributed by atoms with Crippen molar-refractivity contribution in [2.45, 2.75) is 25.8 Å². The Kier molecular flexibility index (Phi) is 5.10. The van der Waals surface area contributed by atoms with Gasteiger partial charge in [-0.05, 0) is 13.8 Å². The molecule has 1 heterocycles. The first kappa shape index (κ1) is 14.1. The zero-order valence-corrected chi connectivity index (χ0v) is 11.2. The Balaban J connectivity index is 2.79. The van der Waals surface area contributed by atoms with Crippen LogP contribution in [-0.4, -0.2) is 49.0 Å². The van der Waals surface area contributed by atoms with Crippen LogP contribution in [0.15, 0.2) is 11.2 Å². The van der Waals surface area contributed by atoms with Crippen LogP contribution in [0.1, 0.15) is 19.7 Å². The van der Waals surface area contributed by atoms with Gasteiger partial charge in [-0.2, -0.15) is 4.31 Å². The highest BCUT2D eigenvalue weighted by Crippen LogP contribution is 2.12. The molecule has 0 bridgehead atoms. The molecule has 6 nitrogen and oxygen atoms in total. The summed E-state index contributed by atoms with van der Waals surface area (Å²) < 4.78 is 30.9. The van der Waals surface area contributed by atoms with Gasteiger partial charge in [0.25, 0.3) is 10.0 Å². The van der Waals surface area contributed by atoms with E-state index >= 15 is 0 Å². The Morgan fingerprint density at radius 1 is 1.47 bits per heavy atom. The van der Waals surface area contributed by atoms with Crippen LogP contribution in [0.2, 0.25) is 0 Å². The molecule has 0 unspecified atom stereocenters. The maximum absolute atomic E-state index is 12.2. The van der Waals surface area contributed by atoms with Gasteiger partial charge in [-0.1, -0.05) is 6.92 Å². The monoisotopic (exact) mass is 261 g/mol. The molecule has 1 rings (SSSR count). The standard InChI is InChI=1S/C10H19N3O3S/c1-4-13(6-7-16-5-2)17(14,15)10-8-11-9(3)12-10/h8H,4-7H2,1-3H3,(H,11,12). The average Bonchev–Trinajstić information content (AvgIpc) is 2.71. The Morgan fingerprint density at radius 2 is 2.18 bits per heavy atom. The van der Waals surface area contributed by atoms with Gasteiger partial charge in [0.1, 0.15) is 5.82 Å². The summed E-state index contributed by atoms with van der Waals surface area (Å²) in [7, 11) is -3.48. The molecule has 0 amide bonds. The number of rotatable bonds is 7. The molecule has 98 valence electrons. The quantitative estimate of drug-likeness (QED) is 0.735. The van der Waals surface area contributed by atoms with Gasteiger partial charge in [0.05, 0.1) is 12.8 Å². The van der Waals surface area contributed by atoms with Gasteiger partial charge in [-0.25, -0.2) is 13.4 Å². The van der Waals surface area contributed by atoms with E-state index in [1.54, 1.807) is 13.8 Å². The normalized spacial score (nSPS) is 12.2. The minimum absolute atomic E-state index is 0.133. The van der Waals surface area contributed by atoms with Gasteiger partial charge in [0.2, 0.25) is 0 Å². The summed E-state index contributed by atoms with van der Waals surface area (Å²) in [5.41, 5.74) is 0. The van der Waals surface area contributed by atoms with Crippen molar-refractivity contribution in [2.24, 2.45) is 0 Å². The Hall–Kier alpha value is -0.920. The van der Waals surface area contributed by atoms with E-state index in [1.807, 2.05) is 6.92 Å². The van der Waals surface area contributed by atoms with Crippen LogP contribution < -0.4 is 0 Å². The second-order valence-corrected chi connectivity index (χ2v) is 5.43. The zero-order chi connectivity index (χ0) is 12.9. The highest BCUT2D eigenvalue weighted by Gasteiger charge is 2.24. The third kappa shape index (κ3) is 3.52. The van der Waals surface area contributed by atoms with E-state index < -0.39 is 10.0 Å². The van der Waals surface area contributed by atoms with Crippen molar-refractivity contribution >= 4 is 10.0 Å². The Labute approximate surface area is 102 Å². The number of aromatic nitrogens is 2. The third-order valence-corrected chi connectivity index (χ3v) is 4.22. The number of hydrogen-bond acceptors (Lipinski definition) is 4. The number of imidazole rings is 1. The third-order valence-electron chi connectivity index (χ3n) is 2.34. The maximum atomic E-state index is 12.2.